The first-order chi connectivity index (χ1) is 8.54. The van der Waals surface area contributed by atoms with Gasteiger partial charge in [-0.1, -0.05) is 0 Å². The van der Waals surface area contributed by atoms with Crippen molar-refractivity contribution in [2.75, 3.05) is 39.4 Å². The van der Waals surface area contributed by atoms with E-state index in [1.54, 1.807) is 11.8 Å². The van der Waals surface area contributed by atoms with Crippen LogP contribution in [-0.4, -0.2) is 67.4 Å². The molecule has 2 aliphatic rings. The molecule has 102 valence electrons. The zero-order valence-electron chi connectivity index (χ0n) is 10.4. The van der Waals surface area contributed by atoms with Gasteiger partial charge in [0.2, 0.25) is 0 Å². The van der Waals surface area contributed by atoms with E-state index in [0.717, 1.165) is 13.1 Å². The summed E-state index contributed by atoms with van der Waals surface area (Å²) in [4.78, 5) is 24.9. The molecule has 0 aromatic carbocycles. The number of piperazine rings is 1. The summed E-state index contributed by atoms with van der Waals surface area (Å²) in [5, 5.41) is 15.1. The SMILES string of the molecule is CC1(C(=O)O)COCC1NC(=O)N1CCNCC1. The van der Waals surface area contributed by atoms with Gasteiger partial charge in [-0.25, -0.2) is 4.79 Å². The van der Waals surface area contributed by atoms with Gasteiger partial charge in [0.1, 0.15) is 5.41 Å². The third-order valence-electron chi connectivity index (χ3n) is 3.65. The number of nitrogens with zero attached hydrogens (tertiary/aromatic N) is 1. The number of rotatable bonds is 2. The summed E-state index contributed by atoms with van der Waals surface area (Å²) < 4.78 is 5.20. The second kappa shape index (κ2) is 5.11. The van der Waals surface area contributed by atoms with Crippen LogP contribution in [0.4, 0.5) is 4.79 Å². The van der Waals surface area contributed by atoms with Gasteiger partial charge >= 0.3 is 12.0 Å². The van der Waals surface area contributed by atoms with Gasteiger partial charge in [0, 0.05) is 26.2 Å². The summed E-state index contributed by atoms with van der Waals surface area (Å²) in [5.74, 6) is -0.939. The molecule has 0 aromatic heterocycles. The summed E-state index contributed by atoms with van der Waals surface area (Å²) >= 11 is 0. The van der Waals surface area contributed by atoms with Crippen molar-refractivity contribution in [3.8, 4) is 0 Å². The van der Waals surface area contributed by atoms with Crippen LogP contribution in [0.1, 0.15) is 6.92 Å². The van der Waals surface area contributed by atoms with Crippen LogP contribution in [0.2, 0.25) is 0 Å². The largest absolute Gasteiger partial charge is 0.481 e. The first-order valence-electron chi connectivity index (χ1n) is 6.11. The van der Waals surface area contributed by atoms with E-state index >= 15 is 0 Å². The molecule has 0 radical (unpaired) electrons. The number of urea groups is 1. The molecule has 7 nitrogen and oxygen atoms in total. The van der Waals surface area contributed by atoms with Gasteiger partial charge in [0.05, 0.1) is 19.3 Å². The van der Waals surface area contributed by atoms with Gasteiger partial charge in [-0.2, -0.15) is 0 Å². The summed E-state index contributed by atoms with van der Waals surface area (Å²) in [6, 6.07) is -0.683. The van der Waals surface area contributed by atoms with Gasteiger partial charge in [-0.15, -0.1) is 0 Å². The maximum atomic E-state index is 12.0. The third-order valence-corrected chi connectivity index (χ3v) is 3.65. The van der Waals surface area contributed by atoms with Gasteiger partial charge < -0.3 is 25.4 Å². The molecule has 2 unspecified atom stereocenters. The highest BCUT2D eigenvalue weighted by atomic mass is 16.5. The Bertz CT molecular complexity index is 343. The van der Waals surface area contributed by atoms with E-state index in [4.69, 9.17) is 4.74 Å². The number of hydrogen-bond acceptors (Lipinski definition) is 4. The van der Waals surface area contributed by atoms with E-state index in [2.05, 4.69) is 10.6 Å². The summed E-state index contributed by atoms with van der Waals surface area (Å²) in [5.41, 5.74) is -1.04. The topological polar surface area (TPSA) is 90.9 Å². The minimum absolute atomic E-state index is 0.134. The normalized spacial score (nSPS) is 32.3. The molecule has 2 saturated heterocycles. The number of aliphatic carboxylic acids is 1. The Morgan fingerprint density at radius 1 is 1.44 bits per heavy atom. The highest BCUT2D eigenvalue weighted by Gasteiger charge is 2.47. The van der Waals surface area contributed by atoms with Crippen LogP contribution in [0.5, 0.6) is 0 Å². The molecule has 18 heavy (non-hydrogen) atoms. The van der Waals surface area contributed by atoms with E-state index in [0.29, 0.717) is 13.1 Å². The van der Waals surface area contributed by atoms with Gasteiger partial charge in [0.25, 0.3) is 0 Å². The average Bonchev–Trinajstić information content (AvgIpc) is 2.73. The summed E-state index contributed by atoms with van der Waals surface area (Å²) in [6.45, 7) is 4.81. The van der Waals surface area contributed by atoms with Crippen molar-refractivity contribution in [3.05, 3.63) is 0 Å². The second-order valence-corrected chi connectivity index (χ2v) is 4.98. The lowest BCUT2D eigenvalue weighted by molar-refractivity contribution is -0.148. The van der Waals surface area contributed by atoms with Crippen LogP contribution >= 0.6 is 0 Å². The lowest BCUT2D eigenvalue weighted by Crippen LogP contribution is -2.56. The standard InChI is InChI=1S/C11H19N3O4/c1-11(9(15)16)7-18-6-8(11)13-10(17)14-4-2-12-3-5-14/h8,12H,2-7H2,1H3,(H,13,17)(H,15,16). The highest BCUT2D eigenvalue weighted by molar-refractivity contribution is 5.79. The minimum Gasteiger partial charge on any atom is -0.481 e. The van der Waals surface area contributed by atoms with Crippen molar-refractivity contribution in [3.63, 3.8) is 0 Å². The molecule has 0 aromatic rings. The van der Waals surface area contributed by atoms with Crippen molar-refractivity contribution in [1.29, 1.82) is 0 Å². The van der Waals surface area contributed by atoms with E-state index in [1.165, 1.54) is 0 Å². The predicted molar refractivity (Wildman–Crippen MR) is 63.3 cm³/mol. The van der Waals surface area contributed by atoms with Crippen molar-refractivity contribution >= 4 is 12.0 Å². The molecule has 2 heterocycles. The first kappa shape index (κ1) is 13.1. The molecule has 0 spiro atoms. The molecule has 0 saturated carbocycles. The minimum atomic E-state index is -1.04. The Labute approximate surface area is 105 Å². The van der Waals surface area contributed by atoms with Crippen LogP contribution in [0, 0.1) is 5.41 Å². The Hall–Kier alpha value is -1.34. The molecule has 3 N–H and O–H groups in total. The smallest absolute Gasteiger partial charge is 0.317 e. The molecular formula is C11H19N3O4. The molecule has 0 bridgehead atoms. The third kappa shape index (κ3) is 2.41. The number of amides is 2. The Kier molecular flexibility index (Phi) is 3.72. The number of carboxylic acids is 1. The molecule has 2 aliphatic heterocycles. The van der Waals surface area contributed by atoms with Crippen molar-refractivity contribution in [2.45, 2.75) is 13.0 Å². The predicted octanol–water partition coefficient (Wildman–Crippen LogP) is -0.909. The van der Waals surface area contributed by atoms with Crippen LogP contribution in [-0.2, 0) is 9.53 Å². The van der Waals surface area contributed by atoms with Crippen molar-refractivity contribution in [1.82, 2.24) is 15.5 Å². The van der Waals surface area contributed by atoms with Crippen molar-refractivity contribution in [2.24, 2.45) is 5.41 Å². The van der Waals surface area contributed by atoms with Crippen LogP contribution in [0.3, 0.4) is 0 Å². The number of nitrogens with one attached hydrogen (secondary N) is 2. The zero-order valence-corrected chi connectivity index (χ0v) is 10.4. The number of ether oxygens (including phenoxy) is 1. The summed E-state index contributed by atoms with van der Waals surface area (Å²) in [7, 11) is 0. The maximum Gasteiger partial charge on any atom is 0.317 e. The number of carbonyl (C=O) groups excluding carboxylic acids is 1. The molecule has 2 fully saturated rings. The van der Waals surface area contributed by atoms with E-state index in [-0.39, 0.29) is 19.2 Å². The fourth-order valence-electron chi connectivity index (χ4n) is 2.19. The zero-order chi connectivity index (χ0) is 13.2. The van der Waals surface area contributed by atoms with Gasteiger partial charge in [-0.3, -0.25) is 4.79 Å². The van der Waals surface area contributed by atoms with Gasteiger partial charge in [-0.05, 0) is 6.92 Å². The first-order valence-corrected chi connectivity index (χ1v) is 6.11. The molecule has 2 rings (SSSR count). The van der Waals surface area contributed by atoms with Gasteiger partial charge in [0.15, 0.2) is 0 Å². The van der Waals surface area contributed by atoms with E-state index in [1.807, 2.05) is 0 Å². The Balaban J connectivity index is 1.95. The number of hydrogen-bond donors (Lipinski definition) is 3. The van der Waals surface area contributed by atoms with E-state index < -0.39 is 17.4 Å². The van der Waals surface area contributed by atoms with Crippen LogP contribution in [0.15, 0.2) is 0 Å². The fraction of sp³-hybridized carbons (Fsp3) is 0.818. The van der Waals surface area contributed by atoms with E-state index in [9.17, 15) is 14.7 Å². The number of carboxylic acid groups (broad SMARTS) is 1. The molecular weight excluding hydrogens is 238 g/mol. The Morgan fingerprint density at radius 2 is 2.11 bits per heavy atom. The van der Waals surface area contributed by atoms with Crippen LogP contribution < -0.4 is 10.6 Å². The molecule has 0 aliphatic carbocycles. The monoisotopic (exact) mass is 257 g/mol. The fourth-order valence-corrected chi connectivity index (χ4v) is 2.19. The lowest BCUT2D eigenvalue weighted by atomic mass is 9.85. The second-order valence-electron chi connectivity index (χ2n) is 4.98. The maximum absolute atomic E-state index is 12.0. The van der Waals surface area contributed by atoms with Crippen LogP contribution in [0.25, 0.3) is 0 Å². The molecule has 2 atom stereocenters. The molecule has 7 heteroatoms. The number of carbonyl (C=O) groups is 2. The lowest BCUT2D eigenvalue weighted by Gasteiger charge is -2.31. The Morgan fingerprint density at radius 3 is 2.72 bits per heavy atom. The highest BCUT2D eigenvalue weighted by Crippen LogP contribution is 2.28. The molecule has 2 amide bonds. The quantitative estimate of drug-likeness (QED) is 0.596. The van der Waals surface area contributed by atoms with Crippen molar-refractivity contribution < 1.29 is 19.4 Å². The summed E-state index contributed by atoms with van der Waals surface area (Å²) in [6.07, 6.45) is 0. The average molecular weight is 257 g/mol.